The highest BCUT2D eigenvalue weighted by Crippen LogP contribution is 2.44. The van der Waals surface area contributed by atoms with E-state index in [1.54, 1.807) is 0 Å². The lowest BCUT2D eigenvalue weighted by molar-refractivity contribution is 0.673. The van der Waals surface area contributed by atoms with Crippen molar-refractivity contribution in [2.24, 2.45) is 17.6 Å². The lowest BCUT2D eigenvalue weighted by Gasteiger charge is -1.96. The van der Waals surface area contributed by atoms with E-state index in [0.29, 0.717) is 6.04 Å². The Hall–Kier alpha value is -0.300. The van der Waals surface area contributed by atoms with Crippen LogP contribution in [0.15, 0.2) is 12.2 Å². The summed E-state index contributed by atoms with van der Waals surface area (Å²) in [6.07, 6.45) is 7.13. The largest absolute Gasteiger partial charge is 0.327 e. The molecule has 0 amide bonds. The zero-order chi connectivity index (χ0) is 5.56. The number of nitrogens with two attached hydrogens (primary N) is 1. The van der Waals surface area contributed by atoms with Crippen molar-refractivity contribution in [1.82, 2.24) is 0 Å². The molecule has 2 aliphatic carbocycles. The Morgan fingerprint density at radius 3 is 2.88 bits per heavy atom. The van der Waals surface area contributed by atoms with Gasteiger partial charge in [0.15, 0.2) is 0 Å². The van der Waals surface area contributed by atoms with Crippen LogP contribution in [0.4, 0.5) is 0 Å². The number of hydrogen-bond donors (Lipinski definition) is 1. The fourth-order valence-corrected chi connectivity index (χ4v) is 1.63. The van der Waals surface area contributed by atoms with Gasteiger partial charge in [0.05, 0.1) is 0 Å². The van der Waals surface area contributed by atoms with Crippen molar-refractivity contribution >= 4 is 0 Å². The van der Waals surface area contributed by atoms with Crippen LogP contribution in [0.2, 0.25) is 0 Å². The van der Waals surface area contributed by atoms with E-state index in [9.17, 15) is 0 Å². The van der Waals surface area contributed by atoms with Crippen molar-refractivity contribution < 1.29 is 0 Å². The first-order valence-corrected chi connectivity index (χ1v) is 3.32. The molecule has 2 rings (SSSR count). The molecular formula is C7H11N. The van der Waals surface area contributed by atoms with E-state index in [1.807, 2.05) is 0 Å². The molecule has 2 unspecified atom stereocenters. The van der Waals surface area contributed by atoms with Gasteiger partial charge in [-0.2, -0.15) is 0 Å². The topological polar surface area (TPSA) is 26.0 Å². The Morgan fingerprint density at radius 2 is 2.38 bits per heavy atom. The first-order valence-electron chi connectivity index (χ1n) is 3.32. The minimum atomic E-state index is 0.522. The lowest BCUT2D eigenvalue weighted by Crippen LogP contribution is -2.01. The van der Waals surface area contributed by atoms with Gasteiger partial charge in [-0.3, -0.25) is 0 Å². The molecule has 1 heteroatoms. The molecule has 0 radical (unpaired) electrons. The third-order valence-electron chi connectivity index (χ3n) is 2.32. The summed E-state index contributed by atoms with van der Waals surface area (Å²) in [4.78, 5) is 0. The second kappa shape index (κ2) is 1.35. The molecule has 8 heavy (non-hydrogen) atoms. The average molecular weight is 109 g/mol. The molecule has 0 spiro atoms. The molecule has 0 aliphatic heterocycles. The predicted octanol–water partition coefficient (Wildman–Crippen LogP) is 0.910. The Morgan fingerprint density at radius 1 is 1.50 bits per heavy atom. The van der Waals surface area contributed by atoms with Crippen LogP contribution in [-0.2, 0) is 0 Å². The van der Waals surface area contributed by atoms with E-state index in [0.717, 1.165) is 11.8 Å². The number of allylic oxidation sites excluding steroid dienone is 1. The fraction of sp³-hybridized carbons (Fsp3) is 0.714. The van der Waals surface area contributed by atoms with Crippen LogP contribution in [0.1, 0.15) is 12.8 Å². The van der Waals surface area contributed by atoms with Crippen molar-refractivity contribution in [3.8, 4) is 0 Å². The maximum absolute atomic E-state index is 5.72. The second-order valence-electron chi connectivity index (χ2n) is 2.82. The second-order valence-corrected chi connectivity index (χ2v) is 2.82. The van der Waals surface area contributed by atoms with E-state index in [1.165, 1.54) is 12.8 Å². The standard InChI is InChI=1S/C7H11N/c8-7-5-3-1-2-4-6(5)7/h1,3,5-7H,2,4,8H2/t5-,6?,7?/m0/s1. The van der Waals surface area contributed by atoms with Crippen LogP contribution in [-0.4, -0.2) is 6.04 Å². The van der Waals surface area contributed by atoms with Gasteiger partial charge in [0, 0.05) is 6.04 Å². The molecule has 2 N–H and O–H groups in total. The SMILES string of the molecule is NC1C2CCC=C[C@H]12. The zero-order valence-corrected chi connectivity index (χ0v) is 4.88. The van der Waals surface area contributed by atoms with Gasteiger partial charge in [-0.25, -0.2) is 0 Å². The first kappa shape index (κ1) is 4.57. The molecule has 0 aromatic heterocycles. The molecule has 0 bridgehead atoms. The van der Waals surface area contributed by atoms with Crippen LogP contribution in [0, 0.1) is 11.8 Å². The number of hydrogen-bond acceptors (Lipinski definition) is 1. The third kappa shape index (κ3) is 0.451. The summed E-state index contributed by atoms with van der Waals surface area (Å²) >= 11 is 0. The van der Waals surface area contributed by atoms with Gasteiger partial charge < -0.3 is 5.73 Å². The molecule has 0 aromatic carbocycles. The summed E-state index contributed by atoms with van der Waals surface area (Å²) in [5.41, 5.74) is 5.72. The van der Waals surface area contributed by atoms with Crippen molar-refractivity contribution in [3.63, 3.8) is 0 Å². The van der Waals surface area contributed by atoms with Gasteiger partial charge in [-0.05, 0) is 24.7 Å². The molecule has 1 nitrogen and oxygen atoms in total. The van der Waals surface area contributed by atoms with Crippen molar-refractivity contribution in [3.05, 3.63) is 12.2 Å². The molecule has 0 heterocycles. The van der Waals surface area contributed by atoms with Gasteiger partial charge in [0.1, 0.15) is 0 Å². The Balaban J connectivity index is 2.12. The summed E-state index contributed by atoms with van der Waals surface area (Å²) in [7, 11) is 0. The Labute approximate surface area is 49.6 Å². The maximum Gasteiger partial charge on any atom is 0.0140 e. The predicted molar refractivity (Wildman–Crippen MR) is 33.3 cm³/mol. The maximum atomic E-state index is 5.72. The minimum absolute atomic E-state index is 0.522. The Kier molecular flexibility index (Phi) is 0.770. The molecule has 1 fully saturated rings. The van der Waals surface area contributed by atoms with Gasteiger partial charge >= 0.3 is 0 Å². The van der Waals surface area contributed by atoms with E-state index in [4.69, 9.17) is 5.73 Å². The van der Waals surface area contributed by atoms with Crippen molar-refractivity contribution in [2.75, 3.05) is 0 Å². The van der Waals surface area contributed by atoms with Crippen LogP contribution < -0.4 is 5.73 Å². The summed E-state index contributed by atoms with van der Waals surface area (Å²) in [6, 6.07) is 0.522. The molecular weight excluding hydrogens is 98.1 g/mol. The van der Waals surface area contributed by atoms with Gasteiger partial charge in [-0.15, -0.1) is 0 Å². The van der Waals surface area contributed by atoms with Crippen molar-refractivity contribution in [1.29, 1.82) is 0 Å². The normalized spacial score (nSPS) is 50.9. The fourth-order valence-electron chi connectivity index (χ4n) is 1.63. The molecule has 44 valence electrons. The molecule has 2 aliphatic rings. The highest BCUT2D eigenvalue weighted by molar-refractivity contribution is 5.15. The lowest BCUT2D eigenvalue weighted by atomic mass is 10.1. The van der Waals surface area contributed by atoms with E-state index < -0.39 is 0 Å². The monoisotopic (exact) mass is 109 g/mol. The summed E-state index contributed by atoms with van der Waals surface area (Å²) in [5.74, 6) is 1.63. The van der Waals surface area contributed by atoms with Crippen LogP contribution in [0.3, 0.4) is 0 Å². The summed E-state index contributed by atoms with van der Waals surface area (Å²) < 4.78 is 0. The zero-order valence-electron chi connectivity index (χ0n) is 4.88. The van der Waals surface area contributed by atoms with Crippen LogP contribution in [0.5, 0.6) is 0 Å². The van der Waals surface area contributed by atoms with Crippen LogP contribution >= 0.6 is 0 Å². The van der Waals surface area contributed by atoms with Crippen LogP contribution in [0.25, 0.3) is 0 Å². The van der Waals surface area contributed by atoms with E-state index >= 15 is 0 Å². The van der Waals surface area contributed by atoms with Gasteiger partial charge in [-0.1, -0.05) is 12.2 Å². The highest BCUT2D eigenvalue weighted by atomic mass is 14.8. The van der Waals surface area contributed by atoms with Crippen molar-refractivity contribution in [2.45, 2.75) is 18.9 Å². The summed E-state index contributed by atoms with van der Waals surface area (Å²) in [5, 5.41) is 0. The molecule has 3 atom stereocenters. The smallest absolute Gasteiger partial charge is 0.0140 e. The first-order chi connectivity index (χ1) is 3.89. The number of rotatable bonds is 0. The molecule has 1 saturated carbocycles. The Bertz CT molecular complexity index is 128. The highest BCUT2D eigenvalue weighted by Gasteiger charge is 2.45. The third-order valence-corrected chi connectivity index (χ3v) is 2.32. The van der Waals surface area contributed by atoms with Gasteiger partial charge in [0.25, 0.3) is 0 Å². The minimum Gasteiger partial charge on any atom is -0.327 e. The average Bonchev–Trinajstić information content (AvgIpc) is 2.46. The van der Waals surface area contributed by atoms with E-state index in [2.05, 4.69) is 12.2 Å². The summed E-state index contributed by atoms with van der Waals surface area (Å²) in [6.45, 7) is 0. The van der Waals surface area contributed by atoms with Gasteiger partial charge in [0.2, 0.25) is 0 Å². The number of fused-ring (bicyclic) bond motifs is 1. The quantitative estimate of drug-likeness (QED) is 0.460. The molecule has 0 saturated heterocycles. The van der Waals surface area contributed by atoms with E-state index in [-0.39, 0.29) is 0 Å². The molecule has 0 aromatic rings.